The first-order valence-electron chi connectivity index (χ1n) is 3.11. The van der Waals surface area contributed by atoms with E-state index in [1.807, 2.05) is 0 Å². The normalized spacial score (nSPS) is 24.0. The summed E-state index contributed by atoms with van der Waals surface area (Å²) in [5.74, 6) is 0. The van der Waals surface area contributed by atoms with Crippen LogP contribution in [0, 0.1) is 0 Å². The first kappa shape index (κ1) is 6.44. The Labute approximate surface area is 56.0 Å². The molecule has 0 N–H and O–H groups in total. The molecule has 0 saturated carbocycles. The maximum Gasteiger partial charge on any atom is 0.264 e. The van der Waals surface area contributed by atoms with Gasteiger partial charge in [0.2, 0.25) is 0 Å². The van der Waals surface area contributed by atoms with Gasteiger partial charge in [-0.05, 0) is 26.5 Å². The zero-order chi connectivity index (χ0) is 5.98. The van der Waals surface area contributed by atoms with Gasteiger partial charge in [0.15, 0.2) is 0 Å². The maximum absolute atomic E-state index is 5.87. The van der Waals surface area contributed by atoms with Gasteiger partial charge in [0, 0.05) is 0 Å². The first-order valence-corrected chi connectivity index (χ1v) is 3.55. The van der Waals surface area contributed by atoms with Gasteiger partial charge in [-0.25, -0.2) is 0 Å². The minimum atomic E-state index is 0.411. The summed E-state index contributed by atoms with van der Waals surface area (Å²) in [5.41, 5.74) is 0. The predicted molar refractivity (Wildman–Crippen MR) is 38.5 cm³/mol. The summed E-state index contributed by atoms with van der Waals surface area (Å²) in [6.07, 6.45) is 3.95. The van der Waals surface area contributed by atoms with Crippen molar-refractivity contribution in [1.82, 2.24) is 4.90 Å². The van der Waals surface area contributed by atoms with E-state index in [-0.39, 0.29) is 0 Å². The van der Waals surface area contributed by atoms with Crippen molar-refractivity contribution in [3.8, 4) is 0 Å². The molecule has 8 heavy (non-hydrogen) atoms. The molecule has 3 heteroatoms. The zero-order valence-electron chi connectivity index (χ0n) is 5.23. The molecule has 1 aliphatic heterocycles. The Morgan fingerprint density at radius 1 is 1.62 bits per heavy atom. The van der Waals surface area contributed by atoms with Gasteiger partial charge in [-0.2, -0.15) is 11.5 Å². The quantitative estimate of drug-likeness (QED) is 0.445. The fourth-order valence-electron chi connectivity index (χ4n) is 1.10. The zero-order valence-corrected chi connectivity index (χ0v) is 5.99. The van der Waals surface area contributed by atoms with Crippen molar-refractivity contribution in [1.29, 1.82) is 0 Å². The van der Waals surface area contributed by atoms with Crippen molar-refractivity contribution in [3.63, 3.8) is 0 Å². The van der Waals surface area contributed by atoms with Crippen LogP contribution in [0.15, 0.2) is 0 Å². The van der Waals surface area contributed by atoms with E-state index >= 15 is 0 Å². The minimum Gasteiger partial charge on any atom is -0.312 e. The van der Waals surface area contributed by atoms with Crippen LogP contribution in [0.4, 0.5) is 0 Å². The summed E-state index contributed by atoms with van der Waals surface area (Å²) in [7, 11) is 2.12. The lowest BCUT2D eigenvalue weighted by Crippen LogP contribution is -2.34. The maximum atomic E-state index is 5.87. The van der Waals surface area contributed by atoms with E-state index in [4.69, 9.17) is 11.5 Å². The van der Waals surface area contributed by atoms with E-state index in [1.165, 1.54) is 19.3 Å². The molecule has 1 nitrogen and oxygen atoms in total. The van der Waals surface area contributed by atoms with E-state index < -0.39 is 0 Å². The van der Waals surface area contributed by atoms with Gasteiger partial charge < -0.3 is 4.90 Å². The molecule has 0 bridgehead atoms. The Morgan fingerprint density at radius 2 is 2.38 bits per heavy atom. The second-order valence-corrected chi connectivity index (χ2v) is 3.12. The van der Waals surface area contributed by atoms with E-state index in [9.17, 15) is 0 Å². The molecule has 0 aromatic carbocycles. The number of nitrogens with zero attached hydrogens (tertiary/aromatic N) is 1. The molecule has 0 aliphatic carbocycles. The van der Waals surface area contributed by atoms with E-state index in [0.717, 1.165) is 6.44 Å². The first-order chi connectivity index (χ1) is 3.79. The van der Waals surface area contributed by atoms with Gasteiger partial charge in [0.05, 0.1) is 0 Å². The number of halogens is 1. The summed E-state index contributed by atoms with van der Waals surface area (Å²) in [5, 5.41) is 0. The van der Waals surface area contributed by atoms with Crippen LogP contribution < -0.4 is 0 Å². The largest absolute Gasteiger partial charge is 0.312 e. The molecule has 46 valence electrons. The van der Waals surface area contributed by atoms with Crippen LogP contribution in [-0.2, 0) is 0 Å². The molecule has 0 amide bonds. The van der Waals surface area contributed by atoms with Crippen LogP contribution in [0.5, 0.6) is 0 Å². The minimum absolute atomic E-state index is 0.411. The van der Waals surface area contributed by atoms with Crippen molar-refractivity contribution < 1.29 is 0 Å². The van der Waals surface area contributed by atoms with Crippen LogP contribution in [-0.4, -0.2) is 31.1 Å². The fraction of sp³-hybridized carbons (Fsp3) is 1.00. The lowest BCUT2D eigenvalue weighted by Gasteiger charge is -2.23. The van der Waals surface area contributed by atoms with Crippen molar-refractivity contribution in [3.05, 3.63) is 0 Å². The molecule has 0 aromatic rings. The Morgan fingerprint density at radius 3 is 2.75 bits per heavy atom. The molecule has 1 heterocycles. The van der Waals surface area contributed by atoms with Gasteiger partial charge in [0.25, 0.3) is 6.13 Å². The lowest BCUT2D eigenvalue weighted by molar-refractivity contribution is 0.370. The van der Waals surface area contributed by atoms with Gasteiger partial charge in [0.1, 0.15) is 0 Å². The van der Waals surface area contributed by atoms with Crippen LogP contribution in [0.1, 0.15) is 6.42 Å². The molecular formula is C5H11BClN. The number of hydrogen-bond donors (Lipinski definition) is 0. The van der Waals surface area contributed by atoms with E-state index in [1.54, 1.807) is 0 Å². The Kier molecular flexibility index (Phi) is 2.21. The second kappa shape index (κ2) is 2.74. The predicted octanol–water partition coefficient (Wildman–Crippen LogP) is 1.09. The average molecular weight is 131 g/mol. The fourth-order valence-corrected chi connectivity index (χ4v) is 1.49. The van der Waals surface area contributed by atoms with Crippen LogP contribution in [0.3, 0.4) is 0 Å². The standard InChI is InChI=1S/C5H11BClN/c1-8-4-2-3-6(7)5-8/h2-5H2,1H3. The molecule has 0 unspecified atom stereocenters. The molecule has 0 radical (unpaired) electrons. The summed E-state index contributed by atoms with van der Waals surface area (Å²) in [6, 6.07) is 0. The van der Waals surface area contributed by atoms with Crippen molar-refractivity contribution >= 4 is 17.6 Å². The Bertz CT molecular complexity index is 70.8. The third-order valence-electron chi connectivity index (χ3n) is 1.57. The molecule has 0 aromatic heterocycles. The number of rotatable bonds is 0. The highest BCUT2D eigenvalue weighted by molar-refractivity contribution is 7.07. The van der Waals surface area contributed by atoms with E-state index in [0.29, 0.717) is 6.13 Å². The van der Waals surface area contributed by atoms with Crippen molar-refractivity contribution in [2.24, 2.45) is 0 Å². The van der Waals surface area contributed by atoms with Gasteiger partial charge in [-0.3, -0.25) is 0 Å². The Balaban J connectivity index is 2.23. The lowest BCUT2D eigenvalue weighted by atomic mass is 9.68. The smallest absolute Gasteiger partial charge is 0.264 e. The summed E-state index contributed by atoms with van der Waals surface area (Å²) in [6.45, 7) is 1.23. The van der Waals surface area contributed by atoms with Gasteiger partial charge in [-0.15, -0.1) is 0 Å². The summed E-state index contributed by atoms with van der Waals surface area (Å²) < 4.78 is 0. The molecule has 0 spiro atoms. The highest BCUT2D eigenvalue weighted by Crippen LogP contribution is 2.10. The van der Waals surface area contributed by atoms with Crippen molar-refractivity contribution in [2.45, 2.75) is 12.7 Å². The molecule has 1 saturated heterocycles. The molecule has 1 rings (SSSR count). The topological polar surface area (TPSA) is 3.24 Å². The van der Waals surface area contributed by atoms with Crippen LogP contribution in [0.25, 0.3) is 0 Å². The third kappa shape index (κ3) is 1.68. The van der Waals surface area contributed by atoms with Gasteiger partial charge in [-0.1, -0.05) is 6.32 Å². The molecule has 1 aliphatic rings. The molecular weight excluding hydrogens is 120 g/mol. The highest BCUT2D eigenvalue weighted by atomic mass is 35.5. The molecule has 0 atom stereocenters. The average Bonchev–Trinajstić information content (AvgIpc) is 1.64. The molecule has 1 fully saturated rings. The third-order valence-corrected chi connectivity index (χ3v) is 1.92. The monoisotopic (exact) mass is 131 g/mol. The Hall–Kier alpha value is 0.315. The van der Waals surface area contributed by atoms with Crippen LogP contribution in [0.2, 0.25) is 6.32 Å². The highest BCUT2D eigenvalue weighted by Gasteiger charge is 2.17. The summed E-state index contributed by atoms with van der Waals surface area (Å²) in [4.78, 5) is 2.28. The van der Waals surface area contributed by atoms with E-state index in [2.05, 4.69) is 11.9 Å². The number of hydrogen-bond acceptors (Lipinski definition) is 1. The van der Waals surface area contributed by atoms with Gasteiger partial charge >= 0.3 is 0 Å². The summed E-state index contributed by atoms with van der Waals surface area (Å²) >= 11 is 5.87. The van der Waals surface area contributed by atoms with Crippen molar-refractivity contribution in [2.75, 3.05) is 20.0 Å². The SMILES string of the molecule is CN1CCCB(Cl)C1. The van der Waals surface area contributed by atoms with Crippen LogP contribution >= 0.6 is 11.5 Å². The second-order valence-electron chi connectivity index (χ2n) is 2.50.